The number of dihydropyridines is 1. The molecule has 1 aromatic rings. The second kappa shape index (κ2) is 12.9. The van der Waals surface area contributed by atoms with Gasteiger partial charge in [-0.1, -0.05) is 42.5 Å². The molecule has 5 atom stereocenters. The summed E-state index contributed by atoms with van der Waals surface area (Å²) in [6.45, 7) is 14.1. The van der Waals surface area contributed by atoms with Gasteiger partial charge in [-0.05, 0) is 79.5 Å². The van der Waals surface area contributed by atoms with Gasteiger partial charge in [0.1, 0.15) is 30.5 Å². The zero-order valence-corrected chi connectivity index (χ0v) is 27.4. The SMILES string of the molecule is [C-]#[N+]C[C@H]1CN(C2=C(C#N)C(OC[C@@]34CCCN3C[C@H](F)C4)=NC3C=C(c4cccc5c4CCCC5)C(Cl)=CC23)CCN1C(=O)C=C. The molecule has 0 radical (unpaired) electrons. The van der Waals surface area contributed by atoms with Crippen LogP contribution in [-0.2, 0) is 22.4 Å². The average molecular weight is 655 g/mol. The van der Waals surface area contributed by atoms with Crippen molar-refractivity contribution in [3.05, 3.63) is 87.4 Å². The summed E-state index contributed by atoms with van der Waals surface area (Å²) in [4.78, 5) is 27.4. The number of carbonyl (C=O) groups is 1. The highest BCUT2D eigenvalue weighted by atomic mass is 35.5. The summed E-state index contributed by atoms with van der Waals surface area (Å²) in [7, 11) is 0. The van der Waals surface area contributed by atoms with Crippen LogP contribution in [0.5, 0.6) is 0 Å². The lowest BCUT2D eigenvalue weighted by molar-refractivity contribution is -0.130. The van der Waals surface area contributed by atoms with Crippen LogP contribution in [0.3, 0.4) is 0 Å². The highest BCUT2D eigenvalue weighted by Gasteiger charge is 2.50. The first-order chi connectivity index (χ1) is 22.9. The molecule has 1 aromatic carbocycles. The van der Waals surface area contributed by atoms with E-state index in [4.69, 9.17) is 27.9 Å². The summed E-state index contributed by atoms with van der Waals surface area (Å²) in [6, 6.07) is 8.11. The maximum Gasteiger partial charge on any atom is 0.246 e. The van der Waals surface area contributed by atoms with Crippen LogP contribution in [0.4, 0.5) is 4.39 Å². The minimum Gasteiger partial charge on any atom is -0.475 e. The number of piperazine rings is 1. The van der Waals surface area contributed by atoms with Crippen LogP contribution in [0.2, 0.25) is 0 Å². The summed E-state index contributed by atoms with van der Waals surface area (Å²) in [5.41, 5.74) is 5.47. The van der Waals surface area contributed by atoms with Gasteiger partial charge in [0.25, 0.3) is 0 Å². The van der Waals surface area contributed by atoms with Crippen molar-refractivity contribution in [2.45, 2.75) is 68.7 Å². The smallest absolute Gasteiger partial charge is 0.246 e. The van der Waals surface area contributed by atoms with Gasteiger partial charge in [0.05, 0.1) is 11.6 Å². The summed E-state index contributed by atoms with van der Waals surface area (Å²) in [5, 5.41) is 11.3. The molecule has 0 aromatic heterocycles. The number of aryl methyl sites for hydroxylation is 1. The number of amides is 1. The van der Waals surface area contributed by atoms with E-state index in [9.17, 15) is 14.4 Å². The van der Waals surface area contributed by atoms with Crippen molar-refractivity contribution in [1.82, 2.24) is 14.7 Å². The molecule has 0 N–H and O–H groups in total. The van der Waals surface area contributed by atoms with Gasteiger partial charge in [-0.15, -0.1) is 0 Å². The minimum absolute atomic E-state index is 0.138. The molecule has 244 valence electrons. The number of ether oxygens (including phenoxy) is 1. The molecule has 1 amide bonds. The minimum atomic E-state index is -0.889. The molecule has 6 aliphatic rings. The van der Waals surface area contributed by atoms with Crippen LogP contribution in [0.15, 0.2) is 64.3 Å². The molecular formula is C37H40ClFN6O2. The molecule has 4 heterocycles. The highest BCUT2D eigenvalue weighted by molar-refractivity contribution is 6.37. The Bertz CT molecular complexity index is 1690. The number of fused-ring (bicyclic) bond motifs is 3. The summed E-state index contributed by atoms with van der Waals surface area (Å²) in [5.74, 6) is -0.260. The number of hydrogen-bond acceptors (Lipinski definition) is 6. The first-order valence-electron chi connectivity index (χ1n) is 16.8. The van der Waals surface area contributed by atoms with Crippen LogP contribution in [0.25, 0.3) is 10.4 Å². The second-order valence-electron chi connectivity index (χ2n) is 13.6. The standard InChI is InChI=1S/C37H40ClFN6O2/c1-3-34(46)45-15-14-43(22-26(45)20-41-2)35-30-16-32(38)29(28-11-6-9-24-8-4-5-10-27(24)28)17-33(30)42-36(31(35)19-40)47-23-37-12-7-13-44(37)21-25(39)18-37/h3,6,9,11,16-17,25-26,30,33H,1,4-5,7-8,10,12-15,18,20-23H2/t25-,26+,30?,33?,37+/m1/s1. The molecule has 2 unspecified atom stereocenters. The number of rotatable bonds is 6. The molecule has 2 aliphatic carbocycles. The number of hydrogen-bond donors (Lipinski definition) is 0. The van der Waals surface area contributed by atoms with Gasteiger partial charge in [-0.2, -0.15) is 5.26 Å². The van der Waals surface area contributed by atoms with Crippen LogP contribution >= 0.6 is 11.6 Å². The lowest BCUT2D eigenvalue weighted by Gasteiger charge is -2.45. The van der Waals surface area contributed by atoms with Gasteiger partial charge in [0.15, 0.2) is 0 Å². The molecule has 3 saturated heterocycles. The second-order valence-corrected chi connectivity index (χ2v) is 14.0. The Morgan fingerprint density at radius 3 is 2.89 bits per heavy atom. The van der Waals surface area contributed by atoms with E-state index < -0.39 is 11.7 Å². The fourth-order valence-electron chi connectivity index (χ4n) is 8.76. The lowest BCUT2D eigenvalue weighted by Crippen LogP contribution is -2.57. The molecule has 8 nitrogen and oxygen atoms in total. The normalized spacial score (nSPS) is 30.3. The Morgan fingerprint density at radius 1 is 1.23 bits per heavy atom. The third-order valence-corrected chi connectivity index (χ3v) is 11.3. The fourth-order valence-corrected chi connectivity index (χ4v) is 9.07. The number of alkyl halides is 1. The van der Waals surface area contributed by atoms with E-state index in [1.54, 1.807) is 4.90 Å². The van der Waals surface area contributed by atoms with Gasteiger partial charge in [0.2, 0.25) is 18.3 Å². The van der Waals surface area contributed by atoms with Gasteiger partial charge in [-0.3, -0.25) is 9.69 Å². The monoisotopic (exact) mass is 654 g/mol. The first-order valence-corrected chi connectivity index (χ1v) is 17.2. The zero-order chi connectivity index (χ0) is 32.7. The predicted octanol–water partition coefficient (Wildman–Crippen LogP) is 5.47. The van der Waals surface area contributed by atoms with E-state index in [1.165, 1.54) is 23.6 Å². The van der Waals surface area contributed by atoms with E-state index in [0.29, 0.717) is 43.2 Å². The molecule has 0 spiro atoms. The Balaban J connectivity index is 1.28. The Labute approximate surface area is 281 Å². The van der Waals surface area contributed by atoms with Crippen molar-refractivity contribution in [3.63, 3.8) is 0 Å². The van der Waals surface area contributed by atoms with Gasteiger partial charge >= 0.3 is 0 Å². The van der Waals surface area contributed by atoms with Crippen LogP contribution in [0, 0.1) is 23.8 Å². The average Bonchev–Trinajstić information content (AvgIpc) is 3.61. The van der Waals surface area contributed by atoms with E-state index in [0.717, 1.165) is 55.5 Å². The number of allylic oxidation sites excluding steroid dienone is 2. The van der Waals surface area contributed by atoms with Gasteiger partial charge in [0, 0.05) is 49.2 Å². The number of nitriles is 1. The van der Waals surface area contributed by atoms with E-state index in [2.05, 4.69) is 51.6 Å². The molecular weight excluding hydrogens is 615 g/mol. The Kier molecular flexibility index (Phi) is 8.72. The number of halogens is 2. The molecule has 47 heavy (non-hydrogen) atoms. The largest absolute Gasteiger partial charge is 0.475 e. The van der Waals surface area contributed by atoms with Crippen LogP contribution < -0.4 is 0 Å². The third-order valence-electron chi connectivity index (χ3n) is 11.0. The number of aliphatic imine (C=N–C) groups is 1. The van der Waals surface area contributed by atoms with Crippen molar-refractivity contribution >= 4 is 29.0 Å². The van der Waals surface area contributed by atoms with Gasteiger partial charge in [-0.25, -0.2) is 16.0 Å². The Morgan fingerprint density at radius 2 is 2.09 bits per heavy atom. The number of carbonyl (C=O) groups excluding carboxylic acids is 1. The van der Waals surface area contributed by atoms with Crippen LogP contribution in [0.1, 0.15) is 48.8 Å². The maximum atomic E-state index is 14.6. The fraction of sp³-hybridized carbons (Fsp3) is 0.514. The van der Waals surface area contributed by atoms with E-state index in [-0.39, 0.29) is 43.0 Å². The predicted molar refractivity (Wildman–Crippen MR) is 180 cm³/mol. The summed E-state index contributed by atoms with van der Waals surface area (Å²) in [6.07, 6.45) is 11.2. The van der Waals surface area contributed by atoms with Crippen molar-refractivity contribution in [2.75, 3.05) is 45.9 Å². The van der Waals surface area contributed by atoms with Crippen molar-refractivity contribution in [1.29, 1.82) is 5.26 Å². The number of nitrogens with zero attached hydrogens (tertiary/aromatic N) is 6. The van der Waals surface area contributed by atoms with Crippen molar-refractivity contribution < 1.29 is 13.9 Å². The first kappa shape index (κ1) is 31.7. The third kappa shape index (κ3) is 5.68. The lowest BCUT2D eigenvalue weighted by atomic mass is 9.80. The quantitative estimate of drug-likeness (QED) is 0.300. The molecule has 3 fully saturated rings. The topological polar surface area (TPSA) is 76.5 Å². The van der Waals surface area contributed by atoms with Crippen LogP contribution in [-0.4, -0.2) is 96.2 Å². The molecule has 0 saturated carbocycles. The molecule has 7 rings (SSSR count). The Hall–Kier alpha value is -3.92. The summed E-state index contributed by atoms with van der Waals surface area (Å²) < 4.78 is 21.1. The molecule has 10 heteroatoms. The van der Waals surface area contributed by atoms with E-state index >= 15 is 0 Å². The molecule has 4 aliphatic heterocycles. The highest BCUT2D eigenvalue weighted by Crippen LogP contribution is 2.45. The van der Waals surface area contributed by atoms with Crippen molar-refractivity contribution in [3.8, 4) is 6.07 Å². The summed E-state index contributed by atoms with van der Waals surface area (Å²) >= 11 is 7.14. The van der Waals surface area contributed by atoms with E-state index in [1.807, 2.05) is 6.08 Å². The maximum absolute atomic E-state index is 14.6. The van der Waals surface area contributed by atoms with Gasteiger partial charge < -0.3 is 19.4 Å². The zero-order valence-electron chi connectivity index (χ0n) is 26.6. The van der Waals surface area contributed by atoms with Crippen molar-refractivity contribution in [2.24, 2.45) is 10.9 Å². The number of benzene rings is 1. The molecule has 0 bridgehead atoms.